The molecule has 0 aromatic rings. The van der Waals surface area contributed by atoms with Gasteiger partial charge in [-0.3, -0.25) is 14.4 Å². The maximum atomic E-state index is 12.8. The Morgan fingerprint density at radius 3 is 1.03 bits per heavy atom. The highest BCUT2D eigenvalue weighted by Gasteiger charge is 2.19. The first-order chi connectivity index (χ1) is 30.0. The van der Waals surface area contributed by atoms with Crippen LogP contribution in [0.3, 0.4) is 0 Å². The highest BCUT2D eigenvalue weighted by atomic mass is 16.6. The molecule has 0 aliphatic rings. The molecule has 61 heavy (non-hydrogen) atoms. The monoisotopic (exact) mass is 855 g/mol. The van der Waals surface area contributed by atoms with Crippen molar-refractivity contribution in [3.8, 4) is 0 Å². The van der Waals surface area contributed by atoms with Crippen LogP contribution in [0.15, 0.2) is 48.6 Å². The highest BCUT2D eigenvalue weighted by Crippen LogP contribution is 2.15. The van der Waals surface area contributed by atoms with E-state index in [1.54, 1.807) is 0 Å². The van der Waals surface area contributed by atoms with Gasteiger partial charge in [0.05, 0.1) is 0 Å². The summed E-state index contributed by atoms with van der Waals surface area (Å²) in [5, 5.41) is 0. The summed E-state index contributed by atoms with van der Waals surface area (Å²) in [6.07, 6.45) is 59.5. The molecule has 0 bridgehead atoms. The molecule has 1 unspecified atom stereocenters. The van der Waals surface area contributed by atoms with Crippen molar-refractivity contribution in [2.45, 2.75) is 271 Å². The Balaban J connectivity index is 4.37. The van der Waals surface area contributed by atoms with Gasteiger partial charge in [-0.1, -0.05) is 230 Å². The second-order valence-electron chi connectivity index (χ2n) is 17.5. The zero-order chi connectivity index (χ0) is 44.4. The third-order valence-corrected chi connectivity index (χ3v) is 11.4. The van der Waals surface area contributed by atoms with Crippen LogP contribution < -0.4 is 0 Å². The minimum atomic E-state index is -0.782. The Morgan fingerprint density at radius 2 is 0.656 bits per heavy atom. The maximum absolute atomic E-state index is 12.8. The van der Waals surface area contributed by atoms with Crippen LogP contribution in [0.2, 0.25) is 0 Å². The molecule has 6 heteroatoms. The molecule has 0 amide bonds. The standard InChI is InChI=1S/C55H98O6/c1-4-7-10-13-16-19-22-25-26-27-28-31-33-36-39-42-45-48-54(57)60-51-52(61-55(58)49-46-43-40-37-34-30-24-21-18-15-12-9-6-3)50-59-53(56)47-44-41-38-35-32-29-23-20-17-14-11-8-5-2/h9,12,15,18,21,24-26,52H,4-8,10-11,13-14,16-17,19-20,22-23,27-51H2,1-3H3/b12-9-,18-15-,24-21-,26-25-. The van der Waals surface area contributed by atoms with Gasteiger partial charge in [0.2, 0.25) is 0 Å². The third kappa shape index (κ3) is 48.3. The van der Waals surface area contributed by atoms with Gasteiger partial charge in [-0.2, -0.15) is 0 Å². The second kappa shape index (κ2) is 50.0. The first-order valence-corrected chi connectivity index (χ1v) is 26.2. The lowest BCUT2D eigenvalue weighted by molar-refractivity contribution is -0.167. The molecule has 1 atom stereocenters. The van der Waals surface area contributed by atoms with E-state index in [2.05, 4.69) is 69.4 Å². The van der Waals surface area contributed by atoms with Crippen LogP contribution >= 0.6 is 0 Å². The van der Waals surface area contributed by atoms with Crippen molar-refractivity contribution >= 4 is 17.9 Å². The smallest absolute Gasteiger partial charge is 0.306 e. The molecule has 354 valence electrons. The number of unbranched alkanes of at least 4 members (excludes halogenated alkanes) is 30. The van der Waals surface area contributed by atoms with Gasteiger partial charge in [0.15, 0.2) is 6.10 Å². The number of carbonyl (C=O) groups is 3. The Hall–Kier alpha value is -2.63. The second-order valence-corrected chi connectivity index (χ2v) is 17.5. The summed E-state index contributed by atoms with van der Waals surface area (Å²) in [6, 6.07) is 0. The highest BCUT2D eigenvalue weighted by molar-refractivity contribution is 5.71. The first-order valence-electron chi connectivity index (χ1n) is 26.2. The number of rotatable bonds is 47. The van der Waals surface area contributed by atoms with E-state index in [1.165, 1.54) is 141 Å². The molecular weight excluding hydrogens is 757 g/mol. The lowest BCUT2D eigenvalue weighted by Gasteiger charge is -2.18. The van der Waals surface area contributed by atoms with Crippen molar-refractivity contribution in [1.82, 2.24) is 0 Å². The third-order valence-electron chi connectivity index (χ3n) is 11.4. The van der Waals surface area contributed by atoms with Crippen molar-refractivity contribution in [1.29, 1.82) is 0 Å². The van der Waals surface area contributed by atoms with Crippen LogP contribution in [0.4, 0.5) is 0 Å². The van der Waals surface area contributed by atoms with Gasteiger partial charge in [-0.15, -0.1) is 0 Å². The van der Waals surface area contributed by atoms with Crippen LogP contribution in [0.5, 0.6) is 0 Å². The SMILES string of the molecule is CC\C=C/C=C\C=C/CCCCCCCC(=O)OC(COC(=O)CCCCCCCCC/C=C\CCCCCCCC)COC(=O)CCCCCCCCCCCCCCC. The van der Waals surface area contributed by atoms with Gasteiger partial charge in [0.1, 0.15) is 13.2 Å². The van der Waals surface area contributed by atoms with E-state index in [4.69, 9.17) is 14.2 Å². The van der Waals surface area contributed by atoms with E-state index in [9.17, 15) is 14.4 Å². The Morgan fingerprint density at radius 1 is 0.344 bits per heavy atom. The molecule has 0 heterocycles. The first kappa shape index (κ1) is 58.4. The molecule has 0 aliphatic heterocycles. The number of carbonyl (C=O) groups excluding carboxylic acids is 3. The average molecular weight is 855 g/mol. The van der Waals surface area contributed by atoms with E-state index in [-0.39, 0.29) is 31.1 Å². The van der Waals surface area contributed by atoms with Crippen LogP contribution in [0, 0.1) is 0 Å². The van der Waals surface area contributed by atoms with Gasteiger partial charge < -0.3 is 14.2 Å². The summed E-state index contributed by atoms with van der Waals surface area (Å²) < 4.78 is 16.8. The lowest BCUT2D eigenvalue weighted by Crippen LogP contribution is -2.30. The zero-order valence-corrected chi connectivity index (χ0v) is 40.4. The van der Waals surface area contributed by atoms with Crippen molar-refractivity contribution < 1.29 is 28.6 Å². The molecule has 0 aromatic heterocycles. The summed E-state index contributed by atoms with van der Waals surface area (Å²) in [5.41, 5.74) is 0. The van der Waals surface area contributed by atoms with Crippen molar-refractivity contribution in [3.63, 3.8) is 0 Å². The molecule has 0 saturated heterocycles. The van der Waals surface area contributed by atoms with Crippen LogP contribution in [0.1, 0.15) is 265 Å². The fourth-order valence-electron chi connectivity index (χ4n) is 7.44. The van der Waals surface area contributed by atoms with E-state index >= 15 is 0 Å². The Kier molecular flexibility index (Phi) is 47.9. The predicted octanol–water partition coefficient (Wildman–Crippen LogP) is 17.1. The molecule has 0 aromatic carbocycles. The van der Waals surface area contributed by atoms with E-state index in [0.29, 0.717) is 19.3 Å². The van der Waals surface area contributed by atoms with Gasteiger partial charge in [0.25, 0.3) is 0 Å². The molecule has 6 nitrogen and oxygen atoms in total. The van der Waals surface area contributed by atoms with Gasteiger partial charge in [0, 0.05) is 19.3 Å². The molecule has 0 rings (SSSR count). The zero-order valence-electron chi connectivity index (χ0n) is 40.4. The van der Waals surface area contributed by atoms with Crippen molar-refractivity contribution in [3.05, 3.63) is 48.6 Å². The largest absolute Gasteiger partial charge is 0.462 e. The number of hydrogen-bond donors (Lipinski definition) is 0. The molecule has 0 aliphatic carbocycles. The molecule has 0 fully saturated rings. The molecular formula is C55H98O6. The summed E-state index contributed by atoms with van der Waals surface area (Å²) >= 11 is 0. The maximum Gasteiger partial charge on any atom is 0.306 e. The normalized spacial score (nSPS) is 12.4. The topological polar surface area (TPSA) is 78.9 Å². The summed E-state index contributed by atoms with van der Waals surface area (Å²) in [7, 11) is 0. The Bertz CT molecular complexity index is 1070. The minimum Gasteiger partial charge on any atom is -0.462 e. The van der Waals surface area contributed by atoms with Crippen molar-refractivity contribution in [2.75, 3.05) is 13.2 Å². The fraction of sp³-hybridized carbons (Fsp3) is 0.800. The van der Waals surface area contributed by atoms with Crippen LogP contribution in [0.25, 0.3) is 0 Å². The van der Waals surface area contributed by atoms with E-state index in [0.717, 1.165) is 83.5 Å². The number of ether oxygens (including phenoxy) is 3. The minimum absolute atomic E-state index is 0.0805. The van der Waals surface area contributed by atoms with Crippen LogP contribution in [-0.4, -0.2) is 37.2 Å². The average Bonchev–Trinajstić information content (AvgIpc) is 3.26. The van der Waals surface area contributed by atoms with Crippen LogP contribution in [-0.2, 0) is 28.6 Å². The molecule has 0 saturated carbocycles. The fourth-order valence-corrected chi connectivity index (χ4v) is 7.44. The van der Waals surface area contributed by atoms with Gasteiger partial charge in [-0.25, -0.2) is 0 Å². The summed E-state index contributed by atoms with van der Waals surface area (Å²) in [6.45, 7) is 6.50. The quantitative estimate of drug-likeness (QED) is 0.0199. The number of allylic oxidation sites excluding steroid dienone is 8. The van der Waals surface area contributed by atoms with Crippen molar-refractivity contribution in [2.24, 2.45) is 0 Å². The summed E-state index contributed by atoms with van der Waals surface area (Å²) in [4.78, 5) is 38.0. The molecule has 0 radical (unpaired) electrons. The Labute approximate surface area is 378 Å². The van der Waals surface area contributed by atoms with E-state index in [1.807, 2.05) is 0 Å². The lowest BCUT2D eigenvalue weighted by atomic mass is 10.0. The number of hydrogen-bond acceptors (Lipinski definition) is 6. The number of esters is 3. The van der Waals surface area contributed by atoms with Gasteiger partial charge >= 0.3 is 17.9 Å². The van der Waals surface area contributed by atoms with Gasteiger partial charge in [-0.05, 0) is 64.2 Å². The van der Waals surface area contributed by atoms with E-state index < -0.39 is 6.10 Å². The molecule has 0 N–H and O–H groups in total. The summed E-state index contributed by atoms with van der Waals surface area (Å²) in [5.74, 6) is -0.898. The molecule has 0 spiro atoms. The predicted molar refractivity (Wildman–Crippen MR) is 261 cm³/mol.